The number of nitrogens with zero attached hydrogens (tertiary/aromatic N) is 1. The Bertz CT molecular complexity index is 606. The third-order valence-corrected chi connectivity index (χ3v) is 3.59. The van der Waals surface area contributed by atoms with Crippen molar-refractivity contribution in [2.75, 3.05) is 11.9 Å². The Morgan fingerprint density at radius 3 is 2.58 bits per heavy atom. The van der Waals surface area contributed by atoms with E-state index in [1.807, 2.05) is 0 Å². The number of aryl methyl sites for hydroxylation is 1. The molecular formula is C12H16N4O2S. The van der Waals surface area contributed by atoms with Crippen molar-refractivity contribution >= 4 is 15.7 Å². The van der Waals surface area contributed by atoms with Crippen LogP contribution in [0.15, 0.2) is 41.6 Å². The molecule has 7 heteroatoms. The lowest BCUT2D eigenvalue weighted by atomic mass is 10.2. The average Bonchev–Trinajstić information content (AvgIpc) is 2.87. The van der Waals surface area contributed by atoms with Crippen LogP contribution in [0.3, 0.4) is 0 Å². The van der Waals surface area contributed by atoms with Crippen LogP contribution in [-0.4, -0.2) is 24.9 Å². The molecule has 0 fully saturated rings. The van der Waals surface area contributed by atoms with Crippen LogP contribution >= 0.6 is 0 Å². The Hall–Kier alpha value is -1.86. The van der Waals surface area contributed by atoms with Gasteiger partial charge in [0.15, 0.2) is 0 Å². The van der Waals surface area contributed by atoms with Crippen LogP contribution in [0, 0.1) is 0 Å². The molecule has 0 aliphatic carbocycles. The highest BCUT2D eigenvalue weighted by molar-refractivity contribution is 7.89. The van der Waals surface area contributed by atoms with Crippen LogP contribution < -0.4 is 10.5 Å². The fourth-order valence-corrected chi connectivity index (χ4v) is 2.20. The van der Waals surface area contributed by atoms with Crippen LogP contribution in [0.2, 0.25) is 0 Å². The maximum Gasteiger partial charge on any atom is 0.238 e. The lowest BCUT2D eigenvalue weighted by Gasteiger charge is -2.06. The first-order valence-electron chi connectivity index (χ1n) is 5.91. The summed E-state index contributed by atoms with van der Waals surface area (Å²) >= 11 is 0. The molecule has 0 spiro atoms. The van der Waals surface area contributed by atoms with Gasteiger partial charge in [-0.2, -0.15) is 0 Å². The summed E-state index contributed by atoms with van der Waals surface area (Å²) in [7, 11) is -3.61. The zero-order valence-electron chi connectivity index (χ0n) is 10.3. The van der Waals surface area contributed by atoms with Gasteiger partial charge in [-0.1, -0.05) is 0 Å². The Balaban J connectivity index is 1.80. The first-order chi connectivity index (χ1) is 9.05. The normalized spacial score (nSPS) is 11.4. The van der Waals surface area contributed by atoms with Crippen LogP contribution in [0.25, 0.3) is 0 Å². The number of hydrogen-bond acceptors (Lipinski definition) is 4. The van der Waals surface area contributed by atoms with Gasteiger partial charge in [-0.15, -0.1) is 0 Å². The van der Waals surface area contributed by atoms with E-state index < -0.39 is 10.0 Å². The molecule has 4 N–H and O–H groups in total. The highest BCUT2D eigenvalue weighted by Gasteiger charge is 2.06. The molecule has 102 valence electrons. The molecule has 1 aromatic heterocycles. The summed E-state index contributed by atoms with van der Waals surface area (Å²) in [6.45, 7) is 0.787. The number of anilines is 1. The van der Waals surface area contributed by atoms with E-state index >= 15 is 0 Å². The van der Waals surface area contributed by atoms with Crippen molar-refractivity contribution in [1.82, 2.24) is 9.97 Å². The van der Waals surface area contributed by atoms with E-state index in [4.69, 9.17) is 5.14 Å². The van der Waals surface area contributed by atoms with Gasteiger partial charge in [0.1, 0.15) is 5.82 Å². The number of aromatic amines is 1. The fraction of sp³-hybridized carbons (Fsp3) is 0.250. The highest BCUT2D eigenvalue weighted by Crippen LogP contribution is 2.12. The fourth-order valence-electron chi connectivity index (χ4n) is 1.69. The van der Waals surface area contributed by atoms with E-state index in [1.54, 1.807) is 24.5 Å². The number of rotatable bonds is 6. The Morgan fingerprint density at radius 1 is 1.26 bits per heavy atom. The predicted octanol–water partition coefficient (Wildman–Crippen LogP) is 1.10. The number of nitrogens with two attached hydrogens (primary N) is 1. The van der Waals surface area contributed by atoms with Gasteiger partial charge >= 0.3 is 0 Å². The molecule has 0 unspecified atom stereocenters. The topological polar surface area (TPSA) is 101 Å². The number of nitrogens with one attached hydrogen (secondary N) is 2. The number of hydrogen-bond donors (Lipinski definition) is 3. The third kappa shape index (κ3) is 4.08. The summed E-state index contributed by atoms with van der Waals surface area (Å²) in [5.74, 6) is 0.964. The number of H-pyrrole nitrogens is 1. The van der Waals surface area contributed by atoms with Crippen molar-refractivity contribution < 1.29 is 8.42 Å². The molecule has 0 radical (unpaired) electrons. The highest BCUT2D eigenvalue weighted by atomic mass is 32.2. The standard InChI is InChI=1S/C12H16N4O2S/c13-19(17,18)11-5-3-10(4-6-11)14-7-1-2-12-15-8-9-16-12/h3-6,8-9,14H,1-2,7H2,(H,15,16)(H2,13,17,18). The molecule has 0 saturated heterocycles. The van der Waals surface area contributed by atoms with E-state index in [-0.39, 0.29) is 4.90 Å². The third-order valence-electron chi connectivity index (χ3n) is 2.66. The van der Waals surface area contributed by atoms with E-state index in [9.17, 15) is 8.42 Å². The van der Waals surface area contributed by atoms with E-state index in [1.165, 1.54) is 12.1 Å². The number of imidazole rings is 1. The van der Waals surface area contributed by atoms with Gasteiger partial charge in [-0.25, -0.2) is 18.5 Å². The molecule has 19 heavy (non-hydrogen) atoms. The maximum absolute atomic E-state index is 11.1. The van der Waals surface area contributed by atoms with Gasteiger partial charge in [0, 0.05) is 31.0 Å². The molecule has 0 bridgehead atoms. The van der Waals surface area contributed by atoms with Gasteiger partial charge in [0.05, 0.1) is 4.90 Å². The smallest absolute Gasteiger partial charge is 0.238 e. The van der Waals surface area contributed by atoms with Crippen LogP contribution in [0.1, 0.15) is 12.2 Å². The van der Waals surface area contributed by atoms with Crippen LogP contribution in [0.5, 0.6) is 0 Å². The predicted molar refractivity (Wildman–Crippen MR) is 73.2 cm³/mol. The molecule has 2 rings (SSSR count). The molecule has 0 atom stereocenters. The number of sulfonamides is 1. The van der Waals surface area contributed by atoms with Crippen molar-refractivity contribution in [1.29, 1.82) is 0 Å². The second-order valence-electron chi connectivity index (χ2n) is 4.14. The number of aromatic nitrogens is 2. The van der Waals surface area contributed by atoms with E-state index in [0.29, 0.717) is 0 Å². The second-order valence-corrected chi connectivity index (χ2v) is 5.70. The molecule has 1 aromatic carbocycles. The van der Waals surface area contributed by atoms with Crippen molar-refractivity contribution in [3.63, 3.8) is 0 Å². The average molecular weight is 280 g/mol. The molecular weight excluding hydrogens is 264 g/mol. The molecule has 0 aliphatic rings. The molecule has 0 aliphatic heterocycles. The summed E-state index contributed by atoms with van der Waals surface area (Å²) in [6, 6.07) is 6.38. The molecule has 6 nitrogen and oxygen atoms in total. The van der Waals surface area contributed by atoms with Gasteiger partial charge in [0.2, 0.25) is 10.0 Å². The first kappa shape index (κ1) is 13.6. The van der Waals surface area contributed by atoms with E-state index in [2.05, 4.69) is 15.3 Å². The zero-order chi connectivity index (χ0) is 13.7. The van der Waals surface area contributed by atoms with Crippen molar-refractivity contribution in [2.24, 2.45) is 5.14 Å². The quantitative estimate of drug-likeness (QED) is 0.690. The SMILES string of the molecule is NS(=O)(=O)c1ccc(NCCCc2ncc[nH]2)cc1. The molecule has 1 heterocycles. The minimum absolute atomic E-state index is 0.119. The Labute approximate surface area is 112 Å². The van der Waals surface area contributed by atoms with Crippen molar-refractivity contribution in [3.05, 3.63) is 42.5 Å². The molecule has 2 aromatic rings. The van der Waals surface area contributed by atoms with Crippen LogP contribution in [0.4, 0.5) is 5.69 Å². The van der Waals surface area contributed by atoms with Gasteiger partial charge in [-0.3, -0.25) is 0 Å². The van der Waals surface area contributed by atoms with Crippen LogP contribution in [-0.2, 0) is 16.4 Å². The lowest BCUT2D eigenvalue weighted by Crippen LogP contribution is -2.12. The summed E-state index contributed by atoms with van der Waals surface area (Å²) in [5.41, 5.74) is 0.867. The summed E-state index contributed by atoms with van der Waals surface area (Å²) in [6.07, 6.45) is 5.34. The minimum Gasteiger partial charge on any atom is -0.385 e. The van der Waals surface area contributed by atoms with Gasteiger partial charge in [-0.05, 0) is 30.7 Å². The summed E-state index contributed by atoms with van der Waals surface area (Å²) in [5, 5.41) is 8.23. The molecule has 0 amide bonds. The van der Waals surface area contributed by atoms with Crippen molar-refractivity contribution in [3.8, 4) is 0 Å². The Kier molecular flexibility index (Phi) is 4.18. The maximum atomic E-state index is 11.1. The summed E-state index contributed by atoms with van der Waals surface area (Å²) < 4.78 is 22.2. The van der Waals surface area contributed by atoms with Gasteiger partial charge < -0.3 is 10.3 Å². The van der Waals surface area contributed by atoms with E-state index in [0.717, 1.165) is 30.9 Å². The molecule has 0 saturated carbocycles. The zero-order valence-corrected chi connectivity index (χ0v) is 11.2. The lowest BCUT2D eigenvalue weighted by molar-refractivity contribution is 0.598. The number of primary sulfonamides is 1. The first-order valence-corrected chi connectivity index (χ1v) is 7.45. The number of benzene rings is 1. The minimum atomic E-state index is -3.61. The van der Waals surface area contributed by atoms with Gasteiger partial charge in [0.25, 0.3) is 0 Å². The second kappa shape index (κ2) is 5.85. The van der Waals surface area contributed by atoms with Crippen molar-refractivity contribution in [2.45, 2.75) is 17.7 Å². The largest absolute Gasteiger partial charge is 0.385 e. The Morgan fingerprint density at radius 2 is 2.00 bits per heavy atom. The summed E-state index contributed by atoms with van der Waals surface area (Å²) in [4.78, 5) is 7.30. The monoisotopic (exact) mass is 280 g/mol.